The van der Waals surface area contributed by atoms with Gasteiger partial charge in [0.25, 0.3) is 5.91 Å². The Hall–Kier alpha value is -3.14. The van der Waals surface area contributed by atoms with Crippen molar-refractivity contribution in [1.29, 1.82) is 0 Å². The molecule has 1 spiro atoms. The molecule has 1 amide bonds. The summed E-state index contributed by atoms with van der Waals surface area (Å²) in [6, 6.07) is 20.2. The maximum absolute atomic E-state index is 12.6. The molecule has 0 fully saturated rings. The van der Waals surface area contributed by atoms with Gasteiger partial charge in [0, 0.05) is 12.1 Å². The molecule has 0 saturated heterocycles. The van der Waals surface area contributed by atoms with Crippen LogP contribution >= 0.6 is 0 Å². The van der Waals surface area contributed by atoms with E-state index in [1.807, 2.05) is 24.3 Å². The molecule has 0 bridgehead atoms. The van der Waals surface area contributed by atoms with E-state index < -0.39 is 5.54 Å². The Kier molecular flexibility index (Phi) is 3.16. The number of hydrogen-bond acceptors (Lipinski definition) is 3. The minimum atomic E-state index is -0.574. The van der Waals surface area contributed by atoms with Crippen LogP contribution in [0.5, 0.6) is 5.75 Å². The molecule has 4 heteroatoms. The summed E-state index contributed by atoms with van der Waals surface area (Å²) in [7, 11) is 1.68. The number of rotatable bonds is 2. The molecule has 2 aliphatic rings. The van der Waals surface area contributed by atoms with Crippen molar-refractivity contribution in [2.45, 2.75) is 17.9 Å². The molecule has 0 radical (unpaired) electrons. The van der Waals surface area contributed by atoms with Crippen LogP contribution in [0, 0.1) is 0 Å². The van der Waals surface area contributed by atoms with Gasteiger partial charge in [0.2, 0.25) is 0 Å². The molecule has 2 atom stereocenters. The highest BCUT2D eigenvalue weighted by Crippen LogP contribution is 2.53. The zero-order valence-corrected chi connectivity index (χ0v) is 14.4. The number of ether oxygens (including phenoxy) is 1. The summed E-state index contributed by atoms with van der Waals surface area (Å²) in [5.74, 6) is 0.949. The standard InChI is InChI=1S/C22H18N2O2/c1-26-15-9-10-19-17(12-15)18(14-6-3-2-4-7-14)13-22(19)20-16(21(25)24-22)8-5-11-23-20/h2-12,18H,13H2,1H3,(H,24,25)/t18-,22-/m0/s1. The van der Waals surface area contributed by atoms with Crippen LogP contribution < -0.4 is 10.1 Å². The van der Waals surface area contributed by atoms with Gasteiger partial charge < -0.3 is 10.1 Å². The number of fused-ring (bicyclic) bond motifs is 4. The first-order valence-corrected chi connectivity index (χ1v) is 8.74. The molecule has 2 aromatic carbocycles. The fourth-order valence-electron chi connectivity index (χ4n) is 4.45. The molecule has 2 heterocycles. The van der Waals surface area contributed by atoms with Crippen molar-refractivity contribution in [3.8, 4) is 5.75 Å². The maximum atomic E-state index is 12.6. The number of nitrogens with one attached hydrogen (secondary N) is 1. The van der Waals surface area contributed by atoms with Gasteiger partial charge in [-0.1, -0.05) is 36.4 Å². The monoisotopic (exact) mass is 342 g/mol. The molecule has 1 aliphatic heterocycles. The van der Waals surface area contributed by atoms with Crippen molar-refractivity contribution in [2.24, 2.45) is 0 Å². The largest absolute Gasteiger partial charge is 0.497 e. The van der Waals surface area contributed by atoms with Crippen LogP contribution in [0.3, 0.4) is 0 Å². The highest BCUT2D eigenvalue weighted by atomic mass is 16.5. The molecule has 26 heavy (non-hydrogen) atoms. The number of aromatic nitrogens is 1. The summed E-state index contributed by atoms with van der Waals surface area (Å²) in [6.07, 6.45) is 2.52. The summed E-state index contributed by atoms with van der Waals surface area (Å²) in [4.78, 5) is 17.2. The van der Waals surface area contributed by atoms with Gasteiger partial charge in [0.15, 0.2) is 0 Å². The molecular formula is C22H18N2O2. The van der Waals surface area contributed by atoms with Gasteiger partial charge in [-0.15, -0.1) is 0 Å². The molecule has 0 unspecified atom stereocenters. The topological polar surface area (TPSA) is 51.2 Å². The van der Waals surface area contributed by atoms with Gasteiger partial charge in [-0.2, -0.15) is 0 Å². The Morgan fingerprint density at radius 2 is 1.96 bits per heavy atom. The van der Waals surface area contributed by atoms with E-state index in [1.165, 1.54) is 11.1 Å². The normalized spacial score (nSPS) is 22.8. The van der Waals surface area contributed by atoms with Crippen molar-refractivity contribution in [1.82, 2.24) is 10.3 Å². The van der Waals surface area contributed by atoms with Gasteiger partial charge in [-0.3, -0.25) is 9.78 Å². The zero-order chi connectivity index (χ0) is 17.7. The molecule has 0 saturated carbocycles. The van der Waals surface area contributed by atoms with Gasteiger partial charge in [0.05, 0.1) is 18.4 Å². The predicted octanol–water partition coefficient (Wildman–Crippen LogP) is 3.61. The van der Waals surface area contributed by atoms with E-state index in [4.69, 9.17) is 4.74 Å². The number of carbonyl (C=O) groups is 1. The van der Waals surface area contributed by atoms with Crippen LogP contribution in [-0.2, 0) is 5.54 Å². The second-order valence-corrected chi connectivity index (χ2v) is 6.88. The molecule has 1 aromatic heterocycles. The highest BCUT2D eigenvalue weighted by molar-refractivity contribution is 6.00. The number of pyridine rings is 1. The summed E-state index contributed by atoms with van der Waals surface area (Å²) >= 11 is 0. The van der Waals surface area contributed by atoms with E-state index in [9.17, 15) is 4.79 Å². The fourth-order valence-corrected chi connectivity index (χ4v) is 4.45. The van der Waals surface area contributed by atoms with E-state index in [2.05, 4.69) is 46.7 Å². The number of amides is 1. The molecule has 5 rings (SSSR count). The predicted molar refractivity (Wildman–Crippen MR) is 98.4 cm³/mol. The Labute approximate surface area is 151 Å². The first kappa shape index (κ1) is 15.1. The van der Waals surface area contributed by atoms with Crippen molar-refractivity contribution < 1.29 is 9.53 Å². The third-order valence-corrected chi connectivity index (χ3v) is 5.59. The van der Waals surface area contributed by atoms with E-state index in [1.54, 1.807) is 13.3 Å². The summed E-state index contributed by atoms with van der Waals surface area (Å²) in [5.41, 5.74) is 4.46. The van der Waals surface area contributed by atoms with Crippen molar-refractivity contribution >= 4 is 5.91 Å². The molecule has 1 aliphatic carbocycles. The van der Waals surface area contributed by atoms with Crippen LogP contribution in [0.15, 0.2) is 66.9 Å². The number of carbonyl (C=O) groups excluding carboxylic acids is 1. The van der Waals surface area contributed by atoms with E-state index in [0.29, 0.717) is 5.56 Å². The third-order valence-electron chi connectivity index (χ3n) is 5.59. The van der Waals surface area contributed by atoms with E-state index >= 15 is 0 Å². The fraction of sp³-hybridized carbons (Fsp3) is 0.182. The molecular weight excluding hydrogens is 324 g/mol. The summed E-state index contributed by atoms with van der Waals surface area (Å²) < 4.78 is 5.46. The maximum Gasteiger partial charge on any atom is 0.254 e. The Morgan fingerprint density at radius 3 is 2.77 bits per heavy atom. The van der Waals surface area contributed by atoms with Crippen molar-refractivity contribution in [2.75, 3.05) is 7.11 Å². The number of nitrogens with zero attached hydrogens (tertiary/aromatic N) is 1. The van der Waals surface area contributed by atoms with Crippen LogP contribution in [0.1, 0.15) is 45.1 Å². The lowest BCUT2D eigenvalue weighted by molar-refractivity contribution is 0.0940. The van der Waals surface area contributed by atoms with Crippen molar-refractivity contribution in [3.63, 3.8) is 0 Å². The van der Waals surface area contributed by atoms with Gasteiger partial charge >= 0.3 is 0 Å². The first-order valence-electron chi connectivity index (χ1n) is 8.74. The molecule has 128 valence electrons. The van der Waals surface area contributed by atoms with E-state index in [0.717, 1.165) is 23.4 Å². The van der Waals surface area contributed by atoms with Gasteiger partial charge in [0.1, 0.15) is 11.3 Å². The van der Waals surface area contributed by atoms with Gasteiger partial charge in [-0.05, 0) is 47.4 Å². The average molecular weight is 342 g/mol. The van der Waals surface area contributed by atoms with E-state index in [-0.39, 0.29) is 11.8 Å². The summed E-state index contributed by atoms with van der Waals surface area (Å²) in [5, 5.41) is 3.25. The Morgan fingerprint density at radius 1 is 1.12 bits per heavy atom. The second-order valence-electron chi connectivity index (χ2n) is 6.88. The lowest BCUT2D eigenvalue weighted by Gasteiger charge is -2.26. The smallest absolute Gasteiger partial charge is 0.254 e. The first-order chi connectivity index (χ1) is 12.7. The molecule has 3 aromatic rings. The Balaban J connectivity index is 1.75. The number of hydrogen-bond donors (Lipinski definition) is 1. The third kappa shape index (κ3) is 1.96. The molecule has 1 N–H and O–H groups in total. The average Bonchev–Trinajstić information content (AvgIpc) is 3.18. The van der Waals surface area contributed by atoms with Crippen LogP contribution in [0.4, 0.5) is 0 Å². The van der Waals surface area contributed by atoms with Crippen LogP contribution in [0.25, 0.3) is 0 Å². The lowest BCUT2D eigenvalue weighted by Crippen LogP contribution is -2.39. The quantitative estimate of drug-likeness (QED) is 0.774. The lowest BCUT2D eigenvalue weighted by atomic mass is 9.87. The minimum absolute atomic E-state index is 0.0522. The zero-order valence-electron chi connectivity index (χ0n) is 14.4. The van der Waals surface area contributed by atoms with Gasteiger partial charge in [-0.25, -0.2) is 0 Å². The molecule has 4 nitrogen and oxygen atoms in total. The number of benzene rings is 2. The summed E-state index contributed by atoms with van der Waals surface area (Å²) in [6.45, 7) is 0. The SMILES string of the molecule is COc1ccc2c(c1)[C@H](c1ccccc1)C[C@]21NC(=O)c2cccnc21. The van der Waals surface area contributed by atoms with Crippen LogP contribution in [-0.4, -0.2) is 18.0 Å². The Bertz CT molecular complexity index is 1020. The highest BCUT2D eigenvalue weighted by Gasteiger charge is 2.52. The van der Waals surface area contributed by atoms with Crippen molar-refractivity contribution in [3.05, 3.63) is 94.8 Å². The minimum Gasteiger partial charge on any atom is -0.497 e. The number of methoxy groups -OCH3 is 1. The van der Waals surface area contributed by atoms with Crippen LogP contribution in [0.2, 0.25) is 0 Å². The second kappa shape index (κ2) is 5.43.